The number of rotatable bonds is 22. The Hall–Kier alpha value is -4.33. The number of thiol groups is 1. The van der Waals surface area contributed by atoms with Crippen molar-refractivity contribution in [2.24, 2.45) is 23.1 Å². The number of carbonyl (C=O) groups excluding carboxylic acids is 7. The standard InChI is InChI=1S/C33H51N9O8S2/c1-16(2)11-23(39-29(46)20(34)12-18-14-37-21-8-6-5-7-19(18)21)31(48)38-22(9-10-52-4)30(47)40-24(13-26(35)44)32(49)42-27(17(3)43)33(50)41-25(15-51)28(36)45/h5-8,14,16-17,20,22-25,27,37,43,51H,9-13,15,34H2,1-4H3,(H2,35,44)(H2,36,45)(H,38,48)(H,39,46)(H,40,47)(H,41,50)(H,42,49)/t17-,20+,22+,23+,24+,25+,27+/m1/s1. The number of aliphatic hydroxyl groups excluding tert-OH is 1. The summed E-state index contributed by atoms with van der Waals surface area (Å²) in [5.74, 6) is -5.81. The Morgan fingerprint density at radius 2 is 1.40 bits per heavy atom. The lowest BCUT2D eigenvalue weighted by atomic mass is 10.0. The van der Waals surface area contributed by atoms with Crippen LogP contribution in [0, 0.1) is 5.92 Å². The normalized spacial score (nSPS) is 15.3. The monoisotopic (exact) mass is 765 g/mol. The zero-order chi connectivity index (χ0) is 39.1. The zero-order valence-electron chi connectivity index (χ0n) is 29.6. The summed E-state index contributed by atoms with van der Waals surface area (Å²) in [4.78, 5) is 93.2. The smallest absolute Gasteiger partial charge is 0.245 e. The molecule has 1 aromatic carbocycles. The quantitative estimate of drug-likeness (QED) is 0.0583. The van der Waals surface area contributed by atoms with Crippen molar-refractivity contribution < 1.29 is 38.7 Å². The van der Waals surface area contributed by atoms with Crippen LogP contribution in [0.5, 0.6) is 0 Å². The molecule has 0 aliphatic rings. The predicted octanol–water partition coefficient (Wildman–Crippen LogP) is -2.07. The van der Waals surface area contributed by atoms with Crippen molar-refractivity contribution >= 4 is 76.6 Å². The van der Waals surface area contributed by atoms with Crippen molar-refractivity contribution in [1.82, 2.24) is 31.6 Å². The number of aliphatic hydroxyl groups is 1. The number of para-hydroxylation sites is 1. The maximum Gasteiger partial charge on any atom is 0.245 e. The van der Waals surface area contributed by atoms with Crippen LogP contribution >= 0.6 is 24.4 Å². The van der Waals surface area contributed by atoms with Gasteiger partial charge in [-0.05, 0) is 55.7 Å². The average molecular weight is 766 g/mol. The van der Waals surface area contributed by atoms with Gasteiger partial charge in [-0.2, -0.15) is 24.4 Å². The molecule has 0 radical (unpaired) electrons. The molecule has 0 spiro atoms. The third-order valence-electron chi connectivity index (χ3n) is 7.98. The first kappa shape index (κ1) is 43.8. The maximum absolute atomic E-state index is 13.6. The molecule has 0 fully saturated rings. The van der Waals surface area contributed by atoms with E-state index in [9.17, 15) is 38.7 Å². The molecule has 1 aromatic heterocycles. The lowest BCUT2D eigenvalue weighted by molar-refractivity contribution is -0.137. The molecule has 2 rings (SSSR count). The molecule has 288 valence electrons. The molecule has 0 aliphatic carbocycles. The van der Waals surface area contributed by atoms with E-state index in [1.807, 2.05) is 38.1 Å². The fraction of sp³-hybridized carbons (Fsp3) is 0.545. The van der Waals surface area contributed by atoms with E-state index in [0.717, 1.165) is 16.5 Å². The lowest BCUT2D eigenvalue weighted by Crippen LogP contribution is -2.61. The van der Waals surface area contributed by atoms with Crippen molar-refractivity contribution in [3.63, 3.8) is 0 Å². The van der Waals surface area contributed by atoms with Crippen molar-refractivity contribution in [2.45, 2.75) is 88.8 Å². The third kappa shape index (κ3) is 13.7. The molecule has 0 saturated carbocycles. The van der Waals surface area contributed by atoms with Gasteiger partial charge >= 0.3 is 0 Å². The van der Waals surface area contributed by atoms with Crippen LogP contribution < -0.4 is 43.8 Å². The molecule has 7 amide bonds. The number of H-pyrrole nitrogens is 1. The molecule has 7 atom stereocenters. The molecule has 0 bridgehead atoms. The van der Waals surface area contributed by atoms with Gasteiger partial charge < -0.3 is 53.9 Å². The summed E-state index contributed by atoms with van der Waals surface area (Å²) in [5.41, 5.74) is 18.6. The highest BCUT2D eigenvalue weighted by atomic mass is 32.2. The molecule has 17 nitrogen and oxygen atoms in total. The SMILES string of the molecule is CSCC[C@H](NC(=O)[C@H](CC(C)C)NC(=O)[C@@H](N)Cc1c[nH]c2ccccc12)C(=O)N[C@@H](CC(N)=O)C(=O)N[C@H](C(=O)N[C@@H](CS)C(N)=O)[C@@H](C)O. The van der Waals surface area contributed by atoms with Gasteiger partial charge in [-0.1, -0.05) is 32.0 Å². The first-order valence-electron chi connectivity index (χ1n) is 16.7. The van der Waals surface area contributed by atoms with Crippen LogP contribution in [0.4, 0.5) is 0 Å². The van der Waals surface area contributed by atoms with Gasteiger partial charge in [0.05, 0.1) is 18.6 Å². The van der Waals surface area contributed by atoms with Crippen LogP contribution in [0.2, 0.25) is 0 Å². The third-order valence-corrected chi connectivity index (χ3v) is 8.99. The second-order valence-corrected chi connectivity index (χ2v) is 14.2. The number of aromatic nitrogens is 1. The average Bonchev–Trinajstić information content (AvgIpc) is 3.48. The number of fused-ring (bicyclic) bond motifs is 1. The molecule has 13 N–H and O–H groups in total. The molecule has 1 heterocycles. The van der Waals surface area contributed by atoms with Gasteiger partial charge in [0.1, 0.15) is 30.2 Å². The summed E-state index contributed by atoms with van der Waals surface area (Å²) in [7, 11) is 0. The topological polar surface area (TPSA) is 294 Å². The van der Waals surface area contributed by atoms with Crippen molar-refractivity contribution in [1.29, 1.82) is 0 Å². The minimum Gasteiger partial charge on any atom is -0.391 e. The zero-order valence-corrected chi connectivity index (χ0v) is 31.4. The van der Waals surface area contributed by atoms with Gasteiger partial charge in [-0.3, -0.25) is 33.6 Å². The summed E-state index contributed by atoms with van der Waals surface area (Å²) >= 11 is 5.34. The molecule has 19 heteroatoms. The maximum atomic E-state index is 13.6. The Labute approximate surface area is 311 Å². The Kier molecular flexibility index (Phi) is 17.9. The molecule has 2 aromatic rings. The largest absolute Gasteiger partial charge is 0.391 e. The number of hydrogen-bond acceptors (Lipinski definition) is 11. The highest BCUT2D eigenvalue weighted by Crippen LogP contribution is 2.19. The van der Waals surface area contributed by atoms with Crippen molar-refractivity contribution in [2.75, 3.05) is 17.8 Å². The number of hydrogen-bond donors (Lipinski definition) is 11. The van der Waals surface area contributed by atoms with Crippen LogP contribution in [0.1, 0.15) is 45.6 Å². The Morgan fingerprint density at radius 3 is 1.98 bits per heavy atom. The van der Waals surface area contributed by atoms with Crippen LogP contribution in [0.25, 0.3) is 10.9 Å². The van der Waals surface area contributed by atoms with E-state index in [1.165, 1.54) is 18.7 Å². The lowest BCUT2D eigenvalue weighted by Gasteiger charge is -2.28. The molecule has 0 unspecified atom stereocenters. The van der Waals surface area contributed by atoms with Gasteiger partial charge in [0.15, 0.2) is 0 Å². The first-order chi connectivity index (χ1) is 24.5. The van der Waals surface area contributed by atoms with E-state index >= 15 is 0 Å². The number of aromatic amines is 1. The van der Waals surface area contributed by atoms with E-state index in [2.05, 4.69) is 44.2 Å². The minimum absolute atomic E-state index is 0.0481. The van der Waals surface area contributed by atoms with Gasteiger partial charge in [0.25, 0.3) is 0 Å². The number of carbonyl (C=O) groups is 7. The van der Waals surface area contributed by atoms with E-state index in [-0.39, 0.29) is 30.9 Å². The summed E-state index contributed by atoms with van der Waals surface area (Å²) in [5, 5.41) is 23.5. The number of benzene rings is 1. The number of nitrogens with one attached hydrogen (secondary N) is 6. The Morgan fingerprint density at radius 1 is 0.827 bits per heavy atom. The first-order valence-corrected chi connectivity index (χ1v) is 18.7. The van der Waals surface area contributed by atoms with Gasteiger partial charge in [0.2, 0.25) is 41.4 Å². The van der Waals surface area contributed by atoms with E-state index in [1.54, 1.807) is 12.5 Å². The second-order valence-electron chi connectivity index (χ2n) is 12.8. The molecular weight excluding hydrogens is 715 g/mol. The molecule has 52 heavy (non-hydrogen) atoms. The molecular formula is C33H51N9O8S2. The number of amides is 7. The van der Waals surface area contributed by atoms with Gasteiger partial charge in [-0.25, -0.2) is 0 Å². The van der Waals surface area contributed by atoms with Crippen LogP contribution in [-0.2, 0) is 40.0 Å². The fourth-order valence-electron chi connectivity index (χ4n) is 5.20. The van der Waals surface area contributed by atoms with E-state index in [4.69, 9.17) is 17.2 Å². The minimum atomic E-state index is -1.63. The number of nitrogens with two attached hydrogens (primary N) is 3. The summed E-state index contributed by atoms with van der Waals surface area (Å²) in [6.07, 6.45) is 1.90. The van der Waals surface area contributed by atoms with Crippen molar-refractivity contribution in [3.05, 3.63) is 36.0 Å². The van der Waals surface area contributed by atoms with Gasteiger partial charge in [0, 0.05) is 22.9 Å². The summed E-state index contributed by atoms with van der Waals surface area (Å²) in [6, 6.07) is -0.182. The van der Waals surface area contributed by atoms with Crippen LogP contribution in [0.3, 0.4) is 0 Å². The van der Waals surface area contributed by atoms with E-state index in [0.29, 0.717) is 5.75 Å². The van der Waals surface area contributed by atoms with Crippen LogP contribution in [-0.4, -0.2) is 112 Å². The highest BCUT2D eigenvalue weighted by Gasteiger charge is 2.34. The second kappa shape index (κ2) is 21.3. The summed E-state index contributed by atoms with van der Waals surface area (Å²) < 4.78 is 0. The summed E-state index contributed by atoms with van der Waals surface area (Å²) in [6.45, 7) is 4.91. The van der Waals surface area contributed by atoms with E-state index < -0.39 is 90.1 Å². The van der Waals surface area contributed by atoms with Crippen LogP contribution in [0.15, 0.2) is 30.5 Å². The highest BCUT2D eigenvalue weighted by molar-refractivity contribution is 7.98. The van der Waals surface area contributed by atoms with Crippen molar-refractivity contribution in [3.8, 4) is 0 Å². The Balaban J connectivity index is 2.22. The molecule has 0 aliphatic heterocycles. The molecule has 0 saturated heterocycles. The predicted molar refractivity (Wildman–Crippen MR) is 201 cm³/mol. The Bertz CT molecular complexity index is 1570. The van der Waals surface area contributed by atoms with Gasteiger partial charge in [-0.15, -0.1) is 0 Å². The number of primary amides is 2. The fourth-order valence-corrected chi connectivity index (χ4v) is 5.94. The number of thioether (sulfide) groups is 1.